The van der Waals surface area contributed by atoms with E-state index >= 15 is 0 Å². The van der Waals surface area contributed by atoms with Gasteiger partial charge in [0.25, 0.3) is 5.91 Å². The van der Waals surface area contributed by atoms with Gasteiger partial charge in [0.1, 0.15) is 0 Å². The lowest BCUT2D eigenvalue weighted by atomic mass is 10.1. The summed E-state index contributed by atoms with van der Waals surface area (Å²) in [7, 11) is 0. The van der Waals surface area contributed by atoms with Crippen LogP contribution in [0, 0.1) is 6.92 Å². The highest BCUT2D eigenvalue weighted by atomic mass is 32.2. The van der Waals surface area contributed by atoms with Crippen LogP contribution in [-0.4, -0.2) is 34.4 Å². The van der Waals surface area contributed by atoms with Crippen molar-refractivity contribution in [1.82, 2.24) is 10.3 Å². The molecule has 106 valence electrons. The third kappa shape index (κ3) is 3.31. The minimum absolute atomic E-state index is 0.199. The number of nitrogen functional groups attached to an aromatic ring is 1. The van der Waals surface area contributed by atoms with Crippen LogP contribution < -0.4 is 11.3 Å². The van der Waals surface area contributed by atoms with Gasteiger partial charge in [0.2, 0.25) is 0 Å². The minimum Gasteiger partial charge on any atom is -0.294 e. The highest BCUT2D eigenvalue weighted by molar-refractivity contribution is 8.00. The fourth-order valence-corrected chi connectivity index (χ4v) is 4.40. The molecule has 1 aliphatic heterocycles. The van der Waals surface area contributed by atoms with Crippen molar-refractivity contribution in [2.75, 3.05) is 12.3 Å². The molecule has 0 saturated carbocycles. The number of thiophene rings is 1. The first-order valence-corrected chi connectivity index (χ1v) is 8.35. The maximum atomic E-state index is 11.5. The van der Waals surface area contributed by atoms with Crippen molar-refractivity contribution in [2.24, 2.45) is 5.84 Å². The highest BCUT2D eigenvalue weighted by Crippen LogP contribution is 2.28. The Labute approximate surface area is 122 Å². The van der Waals surface area contributed by atoms with Crippen molar-refractivity contribution in [3.63, 3.8) is 0 Å². The van der Waals surface area contributed by atoms with E-state index in [9.17, 15) is 4.79 Å². The molecule has 19 heavy (non-hydrogen) atoms. The van der Waals surface area contributed by atoms with Crippen LogP contribution >= 0.6 is 23.1 Å². The maximum Gasteiger partial charge on any atom is 0.275 e. The van der Waals surface area contributed by atoms with Crippen LogP contribution in [0.25, 0.3) is 0 Å². The van der Waals surface area contributed by atoms with Crippen LogP contribution in [0.2, 0.25) is 0 Å². The Kier molecular flexibility index (Phi) is 4.89. The number of nitrogens with one attached hydrogen (secondary N) is 1. The molecule has 2 atom stereocenters. The molecule has 1 aromatic heterocycles. The van der Waals surface area contributed by atoms with Crippen molar-refractivity contribution in [1.29, 1.82) is 0 Å². The molecular formula is C13H21N3OS2. The summed E-state index contributed by atoms with van der Waals surface area (Å²) in [6.07, 6.45) is 0. The van der Waals surface area contributed by atoms with Gasteiger partial charge in [-0.05, 0) is 25.5 Å². The van der Waals surface area contributed by atoms with Crippen molar-refractivity contribution in [3.05, 3.63) is 21.4 Å². The standard InChI is InChI=1S/C13H21N3OS2/c1-8-9(2)18-5-4-16(8)7-11-6-12(13(17)15-14)19-10(11)3/h6,8-9H,4-5,7,14H2,1-3H3,(H,15,17). The Morgan fingerprint density at radius 1 is 1.58 bits per heavy atom. The highest BCUT2D eigenvalue weighted by Gasteiger charge is 2.26. The van der Waals surface area contributed by atoms with Gasteiger partial charge in [-0.1, -0.05) is 6.92 Å². The summed E-state index contributed by atoms with van der Waals surface area (Å²) in [5.74, 6) is 6.17. The first kappa shape index (κ1) is 14.8. The minimum atomic E-state index is -0.199. The Hall–Kier alpha value is -0.560. The van der Waals surface area contributed by atoms with Crippen LogP contribution in [0.1, 0.15) is 34.0 Å². The second kappa shape index (κ2) is 6.26. The van der Waals surface area contributed by atoms with Gasteiger partial charge in [-0.3, -0.25) is 15.1 Å². The van der Waals surface area contributed by atoms with E-state index in [2.05, 4.69) is 31.1 Å². The maximum absolute atomic E-state index is 11.5. The molecule has 0 radical (unpaired) electrons. The fourth-order valence-electron chi connectivity index (χ4n) is 2.30. The lowest BCUT2D eigenvalue weighted by Gasteiger charge is -2.37. The first-order valence-electron chi connectivity index (χ1n) is 6.49. The van der Waals surface area contributed by atoms with Crippen LogP contribution in [0.5, 0.6) is 0 Å². The number of nitrogens with zero attached hydrogens (tertiary/aromatic N) is 1. The van der Waals surface area contributed by atoms with Gasteiger partial charge in [0, 0.05) is 35.0 Å². The van der Waals surface area contributed by atoms with Gasteiger partial charge in [0.15, 0.2) is 0 Å². The molecular weight excluding hydrogens is 278 g/mol. The quantitative estimate of drug-likeness (QED) is 0.509. The predicted molar refractivity (Wildman–Crippen MR) is 82.5 cm³/mol. The van der Waals surface area contributed by atoms with E-state index in [1.54, 1.807) is 0 Å². The molecule has 1 aromatic rings. The molecule has 1 saturated heterocycles. The van der Waals surface area contributed by atoms with Crippen LogP contribution in [0.3, 0.4) is 0 Å². The zero-order chi connectivity index (χ0) is 14.0. The SMILES string of the molecule is Cc1sc(C(=O)NN)cc1CN1CCSC(C)C1C. The van der Waals surface area contributed by atoms with Crippen molar-refractivity contribution in [2.45, 2.75) is 38.6 Å². The van der Waals surface area contributed by atoms with Gasteiger partial charge in [-0.2, -0.15) is 11.8 Å². The van der Waals surface area contributed by atoms with Gasteiger partial charge in [-0.25, -0.2) is 5.84 Å². The number of carbonyl (C=O) groups excluding carboxylic acids is 1. The summed E-state index contributed by atoms with van der Waals surface area (Å²) >= 11 is 3.55. The summed E-state index contributed by atoms with van der Waals surface area (Å²) < 4.78 is 0. The number of carbonyl (C=O) groups is 1. The molecule has 4 nitrogen and oxygen atoms in total. The average Bonchev–Trinajstić information content (AvgIpc) is 2.75. The smallest absolute Gasteiger partial charge is 0.275 e. The van der Waals surface area contributed by atoms with Crippen LogP contribution in [-0.2, 0) is 6.54 Å². The number of thioether (sulfide) groups is 1. The molecule has 1 fully saturated rings. The largest absolute Gasteiger partial charge is 0.294 e. The van der Waals surface area contributed by atoms with E-state index in [-0.39, 0.29) is 5.91 Å². The van der Waals surface area contributed by atoms with Crippen LogP contribution in [0.4, 0.5) is 0 Å². The second-order valence-corrected chi connectivity index (χ2v) is 7.69. The van der Waals surface area contributed by atoms with Crippen LogP contribution in [0.15, 0.2) is 6.07 Å². The summed E-state index contributed by atoms with van der Waals surface area (Å²) in [6, 6.07) is 2.55. The molecule has 6 heteroatoms. The lowest BCUT2D eigenvalue weighted by Crippen LogP contribution is -2.43. The van der Waals surface area contributed by atoms with Crippen molar-refractivity contribution >= 4 is 29.0 Å². The topological polar surface area (TPSA) is 58.4 Å². The summed E-state index contributed by atoms with van der Waals surface area (Å²) in [6.45, 7) is 8.68. The Bertz CT molecular complexity index is 461. The van der Waals surface area contributed by atoms with E-state index < -0.39 is 0 Å². The Morgan fingerprint density at radius 2 is 2.32 bits per heavy atom. The Balaban J connectivity index is 2.10. The number of rotatable bonds is 3. The summed E-state index contributed by atoms with van der Waals surface area (Å²) in [4.78, 5) is 15.9. The van der Waals surface area contributed by atoms with Crippen molar-refractivity contribution in [3.8, 4) is 0 Å². The normalized spacial score (nSPS) is 24.4. The van der Waals surface area contributed by atoms with Gasteiger partial charge < -0.3 is 0 Å². The molecule has 0 bridgehead atoms. The third-order valence-electron chi connectivity index (χ3n) is 3.76. The third-order valence-corrected chi connectivity index (χ3v) is 6.19. The van der Waals surface area contributed by atoms with Gasteiger partial charge in [-0.15, -0.1) is 11.3 Å². The van der Waals surface area contributed by atoms with Crippen molar-refractivity contribution < 1.29 is 4.79 Å². The molecule has 2 rings (SSSR count). The number of hydrogen-bond acceptors (Lipinski definition) is 5. The zero-order valence-electron chi connectivity index (χ0n) is 11.6. The van der Waals surface area contributed by atoms with E-state index in [4.69, 9.17) is 5.84 Å². The number of aryl methyl sites for hydroxylation is 1. The first-order chi connectivity index (χ1) is 9.02. The monoisotopic (exact) mass is 299 g/mol. The molecule has 1 amide bonds. The van der Waals surface area contributed by atoms with Gasteiger partial charge >= 0.3 is 0 Å². The van der Waals surface area contributed by atoms with E-state index in [0.717, 1.165) is 13.1 Å². The molecule has 1 aliphatic rings. The Morgan fingerprint density at radius 3 is 3.00 bits per heavy atom. The second-order valence-electron chi connectivity index (χ2n) is 4.95. The molecule has 2 heterocycles. The number of amides is 1. The van der Waals surface area contributed by atoms with E-state index in [1.807, 2.05) is 17.8 Å². The average molecular weight is 299 g/mol. The number of hydrazine groups is 1. The van der Waals surface area contributed by atoms with Gasteiger partial charge in [0.05, 0.1) is 4.88 Å². The lowest BCUT2D eigenvalue weighted by molar-refractivity contribution is 0.0957. The number of nitrogens with two attached hydrogens (primary N) is 1. The molecule has 2 unspecified atom stereocenters. The molecule has 0 aromatic carbocycles. The molecule has 0 spiro atoms. The van der Waals surface area contributed by atoms with E-state index in [0.29, 0.717) is 16.2 Å². The number of hydrogen-bond donors (Lipinski definition) is 2. The zero-order valence-corrected chi connectivity index (χ0v) is 13.2. The summed E-state index contributed by atoms with van der Waals surface area (Å²) in [5, 5.41) is 0.666. The van der Waals surface area contributed by atoms with E-state index in [1.165, 1.54) is 27.5 Å². The molecule has 0 aliphatic carbocycles. The predicted octanol–water partition coefficient (Wildman–Crippen LogP) is 1.99. The molecule has 3 N–H and O–H groups in total. The summed E-state index contributed by atoms with van der Waals surface area (Å²) in [5.41, 5.74) is 3.44. The fraction of sp³-hybridized carbons (Fsp3) is 0.615.